The first-order chi connectivity index (χ1) is 8.20. The van der Waals surface area contributed by atoms with Crippen LogP contribution in [0.5, 0.6) is 0 Å². The van der Waals surface area contributed by atoms with Gasteiger partial charge in [0.25, 0.3) is 5.91 Å². The van der Waals surface area contributed by atoms with E-state index >= 15 is 0 Å². The van der Waals surface area contributed by atoms with E-state index in [0.717, 1.165) is 5.69 Å². The molecule has 1 amide bonds. The van der Waals surface area contributed by atoms with Gasteiger partial charge >= 0.3 is 0 Å². The Balaban J connectivity index is 2.14. The van der Waals surface area contributed by atoms with Crippen LogP contribution in [0.4, 0.5) is 5.69 Å². The number of anilines is 1. The van der Waals surface area contributed by atoms with Crippen molar-refractivity contribution in [2.45, 2.75) is 6.92 Å². The van der Waals surface area contributed by atoms with Gasteiger partial charge in [-0.05, 0) is 37.3 Å². The molecule has 0 atom stereocenters. The van der Waals surface area contributed by atoms with Gasteiger partial charge in [-0.3, -0.25) is 4.79 Å². The van der Waals surface area contributed by atoms with Gasteiger partial charge in [0.05, 0.1) is 17.2 Å². The number of aryl methyl sites for hydroxylation is 1. The number of nitriles is 1. The summed E-state index contributed by atoms with van der Waals surface area (Å²) in [6.45, 7) is 1.84. The highest BCUT2D eigenvalue weighted by atomic mass is 16.1. The first-order valence-electron chi connectivity index (χ1n) is 5.16. The number of hydrogen-bond acceptors (Lipinski definition) is 2. The molecule has 0 aliphatic rings. The van der Waals surface area contributed by atoms with Crippen LogP contribution in [0.2, 0.25) is 0 Å². The number of benzene rings is 1. The van der Waals surface area contributed by atoms with Crippen LogP contribution in [-0.4, -0.2) is 10.9 Å². The number of aromatic amines is 1. The minimum atomic E-state index is -0.159. The number of aromatic nitrogens is 1. The molecule has 0 unspecified atom stereocenters. The molecule has 0 aliphatic carbocycles. The normalized spacial score (nSPS) is 9.65. The number of carbonyl (C=O) groups is 1. The molecular weight excluding hydrogens is 214 g/mol. The van der Waals surface area contributed by atoms with Gasteiger partial charge in [0.15, 0.2) is 0 Å². The summed E-state index contributed by atoms with van der Waals surface area (Å²) in [6, 6.07) is 10.5. The van der Waals surface area contributed by atoms with Crippen molar-refractivity contribution in [3.8, 4) is 6.07 Å². The highest BCUT2D eigenvalue weighted by Gasteiger charge is 2.09. The zero-order valence-electron chi connectivity index (χ0n) is 9.32. The minimum Gasteiger partial charge on any atom is -0.365 e. The van der Waals surface area contributed by atoms with Crippen molar-refractivity contribution in [3.05, 3.63) is 53.3 Å². The molecule has 4 nitrogen and oxygen atoms in total. The highest BCUT2D eigenvalue weighted by Crippen LogP contribution is 2.12. The van der Waals surface area contributed by atoms with Gasteiger partial charge in [-0.25, -0.2) is 0 Å². The van der Waals surface area contributed by atoms with Crippen LogP contribution in [0, 0.1) is 18.3 Å². The lowest BCUT2D eigenvalue weighted by Gasteiger charge is -2.04. The Morgan fingerprint density at radius 3 is 2.53 bits per heavy atom. The van der Waals surface area contributed by atoms with Gasteiger partial charge in [-0.2, -0.15) is 5.26 Å². The van der Waals surface area contributed by atoms with Crippen LogP contribution in [0.1, 0.15) is 21.6 Å². The molecule has 0 spiro atoms. The van der Waals surface area contributed by atoms with Gasteiger partial charge in [-0.1, -0.05) is 0 Å². The molecule has 1 aromatic heterocycles. The molecule has 0 saturated heterocycles. The van der Waals surface area contributed by atoms with E-state index < -0.39 is 0 Å². The van der Waals surface area contributed by atoms with Crippen molar-refractivity contribution in [1.82, 2.24) is 4.98 Å². The van der Waals surface area contributed by atoms with Crippen LogP contribution in [0.25, 0.3) is 0 Å². The average molecular weight is 225 g/mol. The van der Waals surface area contributed by atoms with Crippen molar-refractivity contribution in [3.63, 3.8) is 0 Å². The zero-order chi connectivity index (χ0) is 12.3. The fourth-order valence-corrected chi connectivity index (χ4v) is 1.53. The average Bonchev–Trinajstić information content (AvgIpc) is 2.76. The number of carbonyl (C=O) groups excluding carboxylic acids is 1. The van der Waals surface area contributed by atoms with Crippen LogP contribution in [0.3, 0.4) is 0 Å². The lowest BCUT2D eigenvalue weighted by atomic mass is 10.2. The molecule has 1 aromatic carbocycles. The van der Waals surface area contributed by atoms with Gasteiger partial charge in [0, 0.05) is 17.6 Å². The summed E-state index contributed by atoms with van der Waals surface area (Å²) in [6.07, 6.45) is 1.73. The molecule has 0 radical (unpaired) electrons. The first kappa shape index (κ1) is 11.0. The standard InChI is InChI=1S/C13H11N3O/c1-9-12(6-7-15-9)13(17)16-11-4-2-10(8-14)3-5-11/h2-7,15H,1H3,(H,16,17). The molecule has 84 valence electrons. The van der Waals surface area contributed by atoms with Crippen molar-refractivity contribution in [2.24, 2.45) is 0 Å². The maximum absolute atomic E-state index is 11.9. The second-order valence-corrected chi connectivity index (χ2v) is 3.66. The Morgan fingerprint density at radius 2 is 2.00 bits per heavy atom. The van der Waals surface area contributed by atoms with Crippen molar-refractivity contribution in [1.29, 1.82) is 5.26 Å². The monoisotopic (exact) mass is 225 g/mol. The largest absolute Gasteiger partial charge is 0.365 e. The van der Waals surface area contributed by atoms with Crippen LogP contribution in [-0.2, 0) is 0 Å². The number of H-pyrrole nitrogens is 1. The zero-order valence-corrected chi connectivity index (χ0v) is 9.32. The van der Waals surface area contributed by atoms with E-state index in [9.17, 15) is 4.79 Å². The molecule has 2 rings (SSSR count). The second kappa shape index (κ2) is 4.54. The van der Waals surface area contributed by atoms with Crippen LogP contribution >= 0.6 is 0 Å². The van der Waals surface area contributed by atoms with E-state index in [4.69, 9.17) is 5.26 Å². The molecule has 2 N–H and O–H groups in total. The summed E-state index contributed by atoms with van der Waals surface area (Å²) in [5.74, 6) is -0.159. The lowest BCUT2D eigenvalue weighted by molar-refractivity contribution is 0.102. The van der Waals surface area contributed by atoms with E-state index in [0.29, 0.717) is 16.8 Å². The quantitative estimate of drug-likeness (QED) is 0.824. The molecule has 0 fully saturated rings. The number of hydrogen-bond donors (Lipinski definition) is 2. The molecule has 17 heavy (non-hydrogen) atoms. The maximum Gasteiger partial charge on any atom is 0.257 e. The van der Waals surface area contributed by atoms with Crippen molar-refractivity contribution >= 4 is 11.6 Å². The van der Waals surface area contributed by atoms with Gasteiger partial charge in [0.1, 0.15) is 0 Å². The van der Waals surface area contributed by atoms with E-state index in [1.165, 1.54) is 0 Å². The SMILES string of the molecule is Cc1[nH]ccc1C(=O)Nc1ccc(C#N)cc1. The number of nitrogens with one attached hydrogen (secondary N) is 2. The van der Waals surface area contributed by atoms with Crippen LogP contribution in [0.15, 0.2) is 36.5 Å². The van der Waals surface area contributed by atoms with Gasteiger partial charge in [-0.15, -0.1) is 0 Å². The van der Waals surface area contributed by atoms with E-state index in [1.54, 1.807) is 36.5 Å². The van der Waals surface area contributed by atoms with E-state index in [1.807, 2.05) is 13.0 Å². The molecule has 4 heteroatoms. The van der Waals surface area contributed by atoms with Gasteiger partial charge in [0.2, 0.25) is 0 Å². The lowest BCUT2D eigenvalue weighted by Crippen LogP contribution is -2.12. The van der Waals surface area contributed by atoms with Crippen molar-refractivity contribution in [2.75, 3.05) is 5.32 Å². The predicted molar refractivity (Wildman–Crippen MR) is 64.6 cm³/mol. The Hall–Kier alpha value is -2.54. The summed E-state index contributed by atoms with van der Waals surface area (Å²) in [5, 5.41) is 11.4. The predicted octanol–water partition coefficient (Wildman–Crippen LogP) is 2.45. The summed E-state index contributed by atoms with van der Waals surface area (Å²) >= 11 is 0. The Bertz CT molecular complexity index is 575. The number of nitrogens with zero attached hydrogens (tertiary/aromatic N) is 1. The molecule has 1 heterocycles. The highest BCUT2D eigenvalue weighted by molar-refractivity contribution is 6.05. The third kappa shape index (κ3) is 2.34. The molecule has 0 saturated carbocycles. The molecule has 0 bridgehead atoms. The Morgan fingerprint density at radius 1 is 1.29 bits per heavy atom. The summed E-state index contributed by atoms with van der Waals surface area (Å²) in [7, 11) is 0. The smallest absolute Gasteiger partial charge is 0.257 e. The topological polar surface area (TPSA) is 68.7 Å². The first-order valence-corrected chi connectivity index (χ1v) is 5.16. The van der Waals surface area contributed by atoms with E-state index in [2.05, 4.69) is 10.3 Å². The Labute approximate surface area is 98.9 Å². The van der Waals surface area contributed by atoms with E-state index in [-0.39, 0.29) is 5.91 Å². The fourth-order valence-electron chi connectivity index (χ4n) is 1.53. The second-order valence-electron chi connectivity index (χ2n) is 3.66. The maximum atomic E-state index is 11.9. The summed E-state index contributed by atoms with van der Waals surface area (Å²) in [5.41, 5.74) is 2.70. The third-order valence-electron chi connectivity index (χ3n) is 2.47. The minimum absolute atomic E-state index is 0.159. The van der Waals surface area contributed by atoms with Crippen molar-refractivity contribution < 1.29 is 4.79 Å². The molecular formula is C13H11N3O. The molecule has 2 aromatic rings. The van der Waals surface area contributed by atoms with Crippen LogP contribution < -0.4 is 5.32 Å². The molecule has 0 aliphatic heterocycles. The third-order valence-corrected chi connectivity index (χ3v) is 2.47. The summed E-state index contributed by atoms with van der Waals surface area (Å²) in [4.78, 5) is 14.8. The number of rotatable bonds is 2. The van der Waals surface area contributed by atoms with Gasteiger partial charge < -0.3 is 10.3 Å². The Kier molecular flexibility index (Phi) is 2.93. The number of amides is 1. The summed E-state index contributed by atoms with van der Waals surface area (Å²) < 4.78 is 0. The fraction of sp³-hybridized carbons (Fsp3) is 0.0769.